The highest BCUT2D eigenvalue weighted by Gasteiger charge is 2.37. The van der Waals surface area contributed by atoms with Gasteiger partial charge in [0.2, 0.25) is 5.91 Å². The third kappa shape index (κ3) is 5.87. The van der Waals surface area contributed by atoms with Gasteiger partial charge in [0.15, 0.2) is 0 Å². The molecule has 2 saturated heterocycles. The summed E-state index contributed by atoms with van der Waals surface area (Å²) in [4.78, 5) is 44.6. The molecule has 9 heteroatoms. The summed E-state index contributed by atoms with van der Waals surface area (Å²) in [7, 11) is 0. The molecule has 4 aromatic carbocycles. The van der Waals surface area contributed by atoms with Crippen LogP contribution in [0.1, 0.15) is 11.1 Å². The summed E-state index contributed by atoms with van der Waals surface area (Å²) in [5.41, 5.74) is 2.55. The fraction of sp³-hybridized carbons (Fsp3) is 0.182. The van der Waals surface area contributed by atoms with Crippen molar-refractivity contribution >= 4 is 51.4 Å². The molecule has 0 aromatic heterocycles. The Hall–Kier alpha value is -4.63. The van der Waals surface area contributed by atoms with Crippen molar-refractivity contribution in [2.75, 3.05) is 37.6 Å². The molecule has 4 aromatic rings. The molecule has 0 radical (unpaired) electrons. The van der Waals surface area contributed by atoms with Crippen molar-refractivity contribution in [1.29, 1.82) is 0 Å². The molecule has 2 aliphatic heterocycles. The minimum atomic E-state index is -0.501. The summed E-state index contributed by atoms with van der Waals surface area (Å²) in [5, 5.41) is 1.33. The molecule has 42 heavy (non-hydrogen) atoms. The highest BCUT2D eigenvalue weighted by atomic mass is 32.2. The van der Waals surface area contributed by atoms with Gasteiger partial charge >= 0.3 is 0 Å². The van der Waals surface area contributed by atoms with Crippen LogP contribution in [0, 0.1) is 5.82 Å². The van der Waals surface area contributed by atoms with Crippen LogP contribution in [0.2, 0.25) is 0 Å². The lowest BCUT2D eigenvalue weighted by Gasteiger charge is -2.36. The normalized spacial score (nSPS) is 16.5. The molecule has 212 valence electrons. The van der Waals surface area contributed by atoms with Gasteiger partial charge < -0.3 is 14.5 Å². The molecule has 6 rings (SSSR count). The van der Waals surface area contributed by atoms with Crippen molar-refractivity contribution in [2.45, 2.75) is 6.61 Å². The molecule has 2 heterocycles. The Labute approximate surface area is 247 Å². The van der Waals surface area contributed by atoms with Gasteiger partial charge in [0.05, 0.1) is 4.91 Å². The van der Waals surface area contributed by atoms with E-state index in [-0.39, 0.29) is 29.8 Å². The molecule has 0 atom stereocenters. The Bertz CT molecular complexity index is 1670. The van der Waals surface area contributed by atoms with Gasteiger partial charge in [-0.15, -0.1) is 0 Å². The van der Waals surface area contributed by atoms with Crippen molar-refractivity contribution in [3.8, 4) is 5.75 Å². The Morgan fingerprint density at radius 3 is 2.33 bits per heavy atom. The van der Waals surface area contributed by atoms with Crippen LogP contribution in [0.25, 0.3) is 16.8 Å². The van der Waals surface area contributed by atoms with Crippen molar-refractivity contribution < 1.29 is 23.5 Å². The third-order valence-electron chi connectivity index (χ3n) is 7.43. The average molecular weight is 582 g/mol. The minimum Gasteiger partial charge on any atom is -0.488 e. The predicted molar refractivity (Wildman–Crippen MR) is 163 cm³/mol. The second-order valence-electron chi connectivity index (χ2n) is 10.1. The predicted octanol–water partition coefficient (Wildman–Crippen LogP) is 5.94. The number of rotatable bonds is 7. The Morgan fingerprint density at radius 2 is 1.57 bits per heavy atom. The van der Waals surface area contributed by atoms with Gasteiger partial charge in [0.1, 0.15) is 24.7 Å². The van der Waals surface area contributed by atoms with Crippen LogP contribution in [-0.2, 0) is 16.2 Å². The number of carbonyl (C=O) groups is 3. The standard InChI is InChI=1S/C33H28FN3O4S/c34-25-13-10-23(11-14-25)22-41-29-15-12-24-6-4-5-9-27(24)28(29)20-30-32(39)37(33(40)42-30)21-31(38)36-18-16-35(17-19-36)26-7-2-1-3-8-26/h1-15,20H,16-19,21-22H2/b30-20+. The largest absolute Gasteiger partial charge is 0.488 e. The average Bonchev–Trinajstić information content (AvgIpc) is 3.29. The molecule has 2 fully saturated rings. The van der Waals surface area contributed by atoms with Crippen LogP contribution >= 0.6 is 11.8 Å². The van der Waals surface area contributed by atoms with E-state index in [1.807, 2.05) is 66.7 Å². The number of halogens is 1. The first-order chi connectivity index (χ1) is 20.5. The first kappa shape index (κ1) is 27.5. The number of ether oxygens (including phenoxy) is 1. The molecule has 0 spiro atoms. The lowest BCUT2D eigenvalue weighted by atomic mass is 10.0. The Balaban J connectivity index is 1.18. The maximum Gasteiger partial charge on any atom is 0.294 e. The summed E-state index contributed by atoms with van der Waals surface area (Å²) < 4.78 is 19.4. The number of hydrogen-bond donors (Lipinski definition) is 0. The van der Waals surface area contributed by atoms with Gasteiger partial charge in [-0.3, -0.25) is 19.3 Å². The second kappa shape index (κ2) is 12.1. The number of fused-ring (bicyclic) bond motifs is 1. The topological polar surface area (TPSA) is 70.2 Å². The number of hydrogen-bond acceptors (Lipinski definition) is 6. The first-order valence-corrected chi connectivity index (χ1v) is 14.5. The SMILES string of the molecule is O=C(CN1C(=O)S/C(=C/c2c(OCc3ccc(F)cc3)ccc3ccccc23)C1=O)N1CCN(c2ccccc2)CC1. The summed E-state index contributed by atoms with van der Waals surface area (Å²) in [5.74, 6) is -0.551. The van der Waals surface area contributed by atoms with E-state index in [1.165, 1.54) is 12.1 Å². The molecule has 7 nitrogen and oxygen atoms in total. The third-order valence-corrected chi connectivity index (χ3v) is 8.34. The Morgan fingerprint density at radius 1 is 0.857 bits per heavy atom. The minimum absolute atomic E-state index is 0.201. The highest BCUT2D eigenvalue weighted by Crippen LogP contribution is 2.37. The molecule has 2 aliphatic rings. The second-order valence-corrected chi connectivity index (χ2v) is 11.1. The number of benzene rings is 4. The van der Waals surface area contributed by atoms with Crippen LogP contribution in [0.4, 0.5) is 14.9 Å². The number of thioether (sulfide) groups is 1. The molecular formula is C33H28FN3O4S. The maximum absolute atomic E-state index is 13.4. The monoisotopic (exact) mass is 581 g/mol. The van der Waals surface area contributed by atoms with Crippen molar-refractivity contribution in [1.82, 2.24) is 9.80 Å². The molecule has 3 amide bonds. The van der Waals surface area contributed by atoms with Crippen LogP contribution in [0.3, 0.4) is 0 Å². The lowest BCUT2D eigenvalue weighted by Crippen LogP contribution is -2.51. The molecule has 0 N–H and O–H groups in total. The van der Waals surface area contributed by atoms with E-state index < -0.39 is 11.1 Å². The molecule has 0 saturated carbocycles. The van der Waals surface area contributed by atoms with Gasteiger partial charge in [0, 0.05) is 37.4 Å². The summed E-state index contributed by atoms with van der Waals surface area (Å²) >= 11 is 0.819. The van der Waals surface area contributed by atoms with Gasteiger partial charge in [-0.25, -0.2) is 4.39 Å². The fourth-order valence-corrected chi connectivity index (χ4v) is 5.97. The van der Waals surface area contributed by atoms with E-state index in [1.54, 1.807) is 23.1 Å². The molecule has 0 aliphatic carbocycles. The number of para-hydroxylation sites is 1. The summed E-state index contributed by atoms with van der Waals surface area (Å²) in [6, 6.07) is 27.5. The summed E-state index contributed by atoms with van der Waals surface area (Å²) in [6.45, 7) is 2.30. The van der Waals surface area contributed by atoms with E-state index in [2.05, 4.69) is 4.90 Å². The van der Waals surface area contributed by atoms with Crippen LogP contribution in [0.5, 0.6) is 5.75 Å². The van der Waals surface area contributed by atoms with Crippen molar-refractivity contribution in [3.63, 3.8) is 0 Å². The number of amides is 3. The zero-order chi connectivity index (χ0) is 29.1. The van der Waals surface area contributed by atoms with E-state index in [9.17, 15) is 18.8 Å². The molecule has 0 unspecified atom stereocenters. The fourth-order valence-electron chi connectivity index (χ4n) is 5.15. The zero-order valence-corrected chi connectivity index (χ0v) is 23.6. The number of carbonyl (C=O) groups excluding carboxylic acids is 3. The van der Waals surface area contributed by atoms with Crippen molar-refractivity contribution in [3.05, 3.63) is 113 Å². The lowest BCUT2D eigenvalue weighted by molar-refractivity contribution is -0.136. The van der Waals surface area contributed by atoms with Gasteiger partial charge in [0.25, 0.3) is 11.1 Å². The maximum atomic E-state index is 13.4. The van der Waals surface area contributed by atoms with Gasteiger partial charge in [-0.1, -0.05) is 60.7 Å². The van der Waals surface area contributed by atoms with E-state index >= 15 is 0 Å². The summed E-state index contributed by atoms with van der Waals surface area (Å²) in [6.07, 6.45) is 1.66. The molecular weight excluding hydrogens is 553 g/mol. The Kier molecular flexibility index (Phi) is 7.92. The zero-order valence-electron chi connectivity index (χ0n) is 22.7. The van der Waals surface area contributed by atoms with Crippen LogP contribution in [0.15, 0.2) is 95.9 Å². The number of anilines is 1. The number of imide groups is 1. The van der Waals surface area contributed by atoms with E-state index in [0.717, 1.165) is 38.7 Å². The van der Waals surface area contributed by atoms with Crippen LogP contribution in [-0.4, -0.2) is 59.6 Å². The van der Waals surface area contributed by atoms with Gasteiger partial charge in [-0.2, -0.15) is 0 Å². The first-order valence-electron chi connectivity index (χ1n) is 13.7. The van der Waals surface area contributed by atoms with E-state index in [4.69, 9.17) is 4.74 Å². The number of piperazine rings is 1. The van der Waals surface area contributed by atoms with E-state index in [0.29, 0.717) is 37.5 Å². The highest BCUT2D eigenvalue weighted by molar-refractivity contribution is 8.18. The molecule has 0 bridgehead atoms. The van der Waals surface area contributed by atoms with Crippen LogP contribution < -0.4 is 9.64 Å². The number of nitrogens with zero attached hydrogens (tertiary/aromatic N) is 3. The smallest absolute Gasteiger partial charge is 0.294 e. The van der Waals surface area contributed by atoms with Gasteiger partial charge in [-0.05, 0) is 64.5 Å². The van der Waals surface area contributed by atoms with Crippen molar-refractivity contribution in [2.24, 2.45) is 0 Å². The quantitative estimate of drug-likeness (QED) is 0.252.